The van der Waals surface area contributed by atoms with E-state index in [0.29, 0.717) is 0 Å². The Hall–Kier alpha value is -1.59. The van der Waals surface area contributed by atoms with Gasteiger partial charge in [-0.15, -0.1) is 0 Å². The Labute approximate surface area is 95.2 Å². The Morgan fingerprint density at radius 3 is 2.35 bits per heavy atom. The molecule has 6 heteroatoms. The molecule has 0 aromatic heterocycles. The third-order valence-corrected chi connectivity index (χ3v) is 2.10. The maximum atomic E-state index is 13.3. The van der Waals surface area contributed by atoms with Gasteiger partial charge in [-0.1, -0.05) is 0 Å². The summed E-state index contributed by atoms with van der Waals surface area (Å²) >= 11 is 0. The Morgan fingerprint density at radius 1 is 1.35 bits per heavy atom. The van der Waals surface area contributed by atoms with E-state index in [1.807, 2.05) is 0 Å². The number of benzene rings is 1. The summed E-state index contributed by atoms with van der Waals surface area (Å²) in [7, 11) is 0. The van der Waals surface area contributed by atoms with Gasteiger partial charge in [-0.05, 0) is 32.0 Å². The molecule has 0 bridgehead atoms. The van der Waals surface area contributed by atoms with Gasteiger partial charge in [-0.2, -0.15) is 13.2 Å². The molecule has 0 aliphatic carbocycles. The van der Waals surface area contributed by atoms with Crippen LogP contribution in [-0.4, -0.2) is 18.1 Å². The molecule has 94 valence electrons. The average molecular weight is 250 g/mol. The summed E-state index contributed by atoms with van der Waals surface area (Å²) in [5, 5.41) is 0. The van der Waals surface area contributed by atoms with Crippen LogP contribution < -0.4 is 4.74 Å². The Morgan fingerprint density at radius 2 is 1.94 bits per heavy atom. The van der Waals surface area contributed by atoms with E-state index in [1.165, 1.54) is 13.0 Å². The first-order valence-corrected chi connectivity index (χ1v) is 4.75. The predicted molar refractivity (Wildman–Crippen MR) is 52.5 cm³/mol. The molecule has 0 N–H and O–H groups in total. The molecular formula is C11H10F4O2. The number of rotatable bonds is 3. The molecule has 1 unspecified atom stereocenters. The lowest BCUT2D eigenvalue weighted by molar-refractivity contribution is -0.189. The minimum Gasteiger partial charge on any atom is -0.478 e. The van der Waals surface area contributed by atoms with Crippen LogP contribution in [0.25, 0.3) is 0 Å². The minimum atomic E-state index is -4.56. The fraction of sp³-hybridized carbons (Fsp3) is 0.364. The van der Waals surface area contributed by atoms with Crippen molar-refractivity contribution < 1.29 is 27.1 Å². The number of carbonyl (C=O) groups excluding carboxylic acids is 1. The first-order chi connectivity index (χ1) is 7.71. The number of halogens is 4. The van der Waals surface area contributed by atoms with E-state index in [2.05, 4.69) is 4.74 Å². The third kappa shape index (κ3) is 3.44. The predicted octanol–water partition coefficient (Wildman–Crippen LogP) is 3.36. The number of Topliss-reactive ketones (excluding diaryl/α,β-unsaturated/α-hetero) is 1. The summed E-state index contributed by atoms with van der Waals surface area (Å²) < 4.78 is 54.3. The van der Waals surface area contributed by atoms with Gasteiger partial charge in [-0.3, -0.25) is 4.79 Å². The molecule has 0 radical (unpaired) electrons. The van der Waals surface area contributed by atoms with E-state index in [1.54, 1.807) is 0 Å². The van der Waals surface area contributed by atoms with Crippen molar-refractivity contribution in [3.05, 3.63) is 29.6 Å². The zero-order valence-corrected chi connectivity index (χ0v) is 9.14. The van der Waals surface area contributed by atoms with E-state index in [-0.39, 0.29) is 11.3 Å². The molecule has 0 saturated heterocycles. The average Bonchev–Trinajstić information content (AvgIpc) is 2.19. The van der Waals surface area contributed by atoms with Crippen LogP contribution in [0.5, 0.6) is 5.75 Å². The molecule has 1 rings (SSSR count). The van der Waals surface area contributed by atoms with Gasteiger partial charge in [-0.25, -0.2) is 4.39 Å². The lowest BCUT2D eigenvalue weighted by Crippen LogP contribution is -2.31. The highest BCUT2D eigenvalue weighted by Crippen LogP contribution is 2.27. The Balaban J connectivity index is 2.90. The van der Waals surface area contributed by atoms with Crippen LogP contribution >= 0.6 is 0 Å². The van der Waals surface area contributed by atoms with Crippen molar-refractivity contribution in [1.29, 1.82) is 0 Å². The summed E-state index contributed by atoms with van der Waals surface area (Å²) in [6.07, 6.45) is -6.67. The Kier molecular flexibility index (Phi) is 3.75. The molecule has 0 amide bonds. The number of ether oxygens (including phenoxy) is 1. The minimum absolute atomic E-state index is 0.0783. The zero-order chi connectivity index (χ0) is 13.2. The topological polar surface area (TPSA) is 26.3 Å². The van der Waals surface area contributed by atoms with Crippen LogP contribution in [0.15, 0.2) is 18.2 Å². The van der Waals surface area contributed by atoms with Crippen LogP contribution in [0.3, 0.4) is 0 Å². The van der Waals surface area contributed by atoms with Gasteiger partial charge in [0, 0.05) is 5.56 Å². The second-order valence-corrected chi connectivity index (χ2v) is 3.50. The molecule has 0 saturated carbocycles. The monoisotopic (exact) mass is 250 g/mol. The highest BCUT2D eigenvalue weighted by atomic mass is 19.4. The lowest BCUT2D eigenvalue weighted by Gasteiger charge is -2.18. The van der Waals surface area contributed by atoms with E-state index >= 15 is 0 Å². The molecule has 0 spiro atoms. The molecule has 0 aliphatic rings. The first kappa shape index (κ1) is 13.5. The van der Waals surface area contributed by atoms with Gasteiger partial charge in [0.25, 0.3) is 0 Å². The highest BCUT2D eigenvalue weighted by Gasteiger charge is 2.38. The third-order valence-electron chi connectivity index (χ3n) is 2.10. The number of alkyl halides is 3. The maximum absolute atomic E-state index is 13.3. The normalized spacial score (nSPS) is 13.3. The van der Waals surface area contributed by atoms with Crippen molar-refractivity contribution in [3.8, 4) is 5.75 Å². The largest absolute Gasteiger partial charge is 0.478 e. The van der Waals surface area contributed by atoms with Crippen molar-refractivity contribution in [2.24, 2.45) is 0 Å². The number of hydrogen-bond acceptors (Lipinski definition) is 2. The number of hydrogen-bond donors (Lipinski definition) is 0. The first-order valence-electron chi connectivity index (χ1n) is 4.75. The van der Waals surface area contributed by atoms with Crippen molar-refractivity contribution in [1.82, 2.24) is 0 Å². The molecule has 0 aliphatic heterocycles. The van der Waals surface area contributed by atoms with Crippen molar-refractivity contribution >= 4 is 5.78 Å². The molecule has 0 heterocycles. The Bertz CT molecular complexity index is 426. The van der Waals surface area contributed by atoms with Gasteiger partial charge in [0.05, 0.1) is 0 Å². The second-order valence-electron chi connectivity index (χ2n) is 3.50. The zero-order valence-electron chi connectivity index (χ0n) is 9.14. The number of ketones is 1. The van der Waals surface area contributed by atoms with E-state index in [4.69, 9.17) is 0 Å². The van der Waals surface area contributed by atoms with Gasteiger partial charge in [0.15, 0.2) is 23.5 Å². The van der Waals surface area contributed by atoms with Gasteiger partial charge in [0.2, 0.25) is 0 Å². The molecule has 2 nitrogen and oxygen atoms in total. The highest BCUT2D eigenvalue weighted by molar-refractivity contribution is 5.94. The van der Waals surface area contributed by atoms with Crippen LogP contribution in [-0.2, 0) is 0 Å². The second kappa shape index (κ2) is 4.73. The summed E-state index contributed by atoms with van der Waals surface area (Å²) in [4.78, 5) is 10.9. The molecular weight excluding hydrogens is 240 g/mol. The number of carbonyl (C=O) groups is 1. The molecule has 1 aromatic rings. The van der Waals surface area contributed by atoms with Gasteiger partial charge < -0.3 is 4.74 Å². The van der Waals surface area contributed by atoms with E-state index < -0.39 is 23.8 Å². The smallest absolute Gasteiger partial charge is 0.425 e. The van der Waals surface area contributed by atoms with E-state index in [9.17, 15) is 22.4 Å². The summed E-state index contributed by atoms with van der Waals surface area (Å²) in [6, 6.07) is 3.07. The van der Waals surface area contributed by atoms with Crippen molar-refractivity contribution in [2.75, 3.05) is 0 Å². The van der Waals surface area contributed by atoms with Crippen LogP contribution in [0.2, 0.25) is 0 Å². The summed E-state index contributed by atoms with van der Waals surface area (Å²) in [6.45, 7) is 2.01. The molecule has 1 aromatic carbocycles. The van der Waals surface area contributed by atoms with Crippen molar-refractivity contribution in [3.63, 3.8) is 0 Å². The van der Waals surface area contributed by atoms with Crippen LogP contribution in [0.4, 0.5) is 17.6 Å². The van der Waals surface area contributed by atoms with Crippen LogP contribution in [0, 0.1) is 5.82 Å². The summed E-state index contributed by atoms with van der Waals surface area (Å²) in [5.74, 6) is -1.90. The lowest BCUT2D eigenvalue weighted by atomic mass is 10.1. The van der Waals surface area contributed by atoms with E-state index in [0.717, 1.165) is 19.1 Å². The van der Waals surface area contributed by atoms with Gasteiger partial charge >= 0.3 is 6.18 Å². The molecule has 0 fully saturated rings. The fourth-order valence-corrected chi connectivity index (χ4v) is 1.07. The quantitative estimate of drug-likeness (QED) is 0.607. The van der Waals surface area contributed by atoms with Crippen molar-refractivity contribution in [2.45, 2.75) is 26.1 Å². The summed E-state index contributed by atoms with van der Waals surface area (Å²) in [5.41, 5.74) is 0.0783. The van der Waals surface area contributed by atoms with Gasteiger partial charge in [0.1, 0.15) is 0 Å². The fourth-order valence-electron chi connectivity index (χ4n) is 1.07. The molecule has 1 atom stereocenters. The SMILES string of the molecule is CC(=O)c1ccc(OC(C)C(F)(F)F)c(F)c1. The standard InChI is InChI=1S/C11H10F4O2/c1-6(16)8-3-4-10(9(12)5-8)17-7(2)11(13,14)15/h3-5,7H,1-2H3. The van der Waals surface area contributed by atoms with Crippen LogP contribution in [0.1, 0.15) is 24.2 Å². The molecule has 17 heavy (non-hydrogen) atoms. The maximum Gasteiger partial charge on any atom is 0.425 e.